The molecule has 106 valence electrons. The number of hydrogen-bond donors (Lipinski definition) is 2. The first kappa shape index (κ1) is 13.0. The smallest absolute Gasteiger partial charge is 0.318 e. The molecule has 0 unspecified atom stereocenters. The zero-order valence-electron chi connectivity index (χ0n) is 11.3. The van der Waals surface area contributed by atoms with Gasteiger partial charge in [0.1, 0.15) is 0 Å². The number of hydrogen-bond acceptors (Lipinski definition) is 2. The fraction of sp³-hybridized carbons (Fsp3) is 0.467. The van der Waals surface area contributed by atoms with Crippen LogP contribution < -0.4 is 5.32 Å². The van der Waals surface area contributed by atoms with Crippen molar-refractivity contribution in [3.8, 4) is 0 Å². The summed E-state index contributed by atoms with van der Waals surface area (Å²) in [5.74, 6) is -0.852. The second kappa shape index (κ2) is 4.81. The summed E-state index contributed by atoms with van der Waals surface area (Å²) in [6.45, 7) is 1.20. The molecule has 0 atom stereocenters. The molecule has 3 rings (SSSR count). The fourth-order valence-electron chi connectivity index (χ4n) is 3.02. The molecular weight excluding hydrogens is 256 g/mol. The minimum absolute atomic E-state index is 0.0134. The van der Waals surface area contributed by atoms with Crippen LogP contribution in [0.25, 0.3) is 0 Å². The maximum absolute atomic E-state index is 12.3. The Kier molecular flexibility index (Phi) is 3.12. The zero-order chi connectivity index (χ0) is 14.2. The minimum Gasteiger partial charge on any atom is -0.481 e. The van der Waals surface area contributed by atoms with Crippen LogP contribution in [0.15, 0.2) is 24.3 Å². The molecule has 1 saturated carbocycles. The molecule has 2 aliphatic rings. The van der Waals surface area contributed by atoms with Crippen LogP contribution in [0.4, 0.5) is 4.79 Å². The lowest BCUT2D eigenvalue weighted by molar-refractivity contribution is -0.139. The molecule has 1 aromatic rings. The van der Waals surface area contributed by atoms with E-state index in [1.54, 1.807) is 4.90 Å². The molecular formula is C15H18N2O3. The van der Waals surface area contributed by atoms with Gasteiger partial charge in [0.2, 0.25) is 0 Å². The van der Waals surface area contributed by atoms with Gasteiger partial charge in [-0.15, -0.1) is 0 Å². The molecule has 0 saturated heterocycles. The van der Waals surface area contributed by atoms with Crippen LogP contribution in [-0.4, -0.2) is 27.5 Å². The summed E-state index contributed by atoms with van der Waals surface area (Å²) in [6, 6.07) is 7.84. The number of benzene rings is 1. The van der Waals surface area contributed by atoms with E-state index in [4.69, 9.17) is 5.11 Å². The molecule has 1 heterocycles. The highest BCUT2D eigenvalue weighted by Crippen LogP contribution is 2.35. The predicted molar refractivity (Wildman–Crippen MR) is 73.1 cm³/mol. The van der Waals surface area contributed by atoms with E-state index in [1.807, 2.05) is 24.3 Å². The van der Waals surface area contributed by atoms with Gasteiger partial charge in [-0.2, -0.15) is 0 Å². The van der Waals surface area contributed by atoms with Crippen LogP contribution in [0.2, 0.25) is 0 Å². The van der Waals surface area contributed by atoms with Gasteiger partial charge in [0.05, 0.1) is 12.0 Å². The molecule has 1 fully saturated rings. The molecule has 0 radical (unpaired) electrons. The van der Waals surface area contributed by atoms with Crippen molar-refractivity contribution in [1.29, 1.82) is 0 Å². The van der Waals surface area contributed by atoms with Crippen LogP contribution in [0.3, 0.4) is 0 Å². The number of carbonyl (C=O) groups is 2. The van der Waals surface area contributed by atoms with Crippen LogP contribution >= 0.6 is 0 Å². The minimum atomic E-state index is -0.852. The van der Waals surface area contributed by atoms with Crippen LogP contribution in [0, 0.1) is 0 Å². The van der Waals surface area contributed by atoms with Crippen LogP contribution in [0.1, 0.15) is 36.8 Å². The molecule has 2 amide bonds. The van der Waals surface area contributed by atoms with Crippen molar-refractivity contribution in [3.05, 3.63) is 35.4 Å². The number of urea groups is 1. The highest BCUT2D eigenvalue weighted by molar-refractivity contribution is 5.78. The van der Waals surface area contributed by atoms with Crippen molar-refractivity contribution in [2.24, 2.45) is 0 Å². The first-order valence-electron chi connectivity index (χ1n) is 6.94. The van der Waals surface area contributed by atoms with E-state index >= 15 is 0 Å². The molecule has 1 aliphatic heterocycles. The quantitative estimate of drug-likeness (QED) is 0.887. The standard InChI is InChI=1S/C15H18N2O3/c18-13(19)8-15(6-3-7-15)16-14(20)17-9-11-4-1-2-5-12(11)10-17/h1-2,4-5H,3,6-10H2,(H,16,20)(H,18,19). The van der Waals surface area contributed by atoms with E-state index in [-0.39, 0.29) is 12.5 Å². The first-order chi connectivity index (χ1) is 9.58. The molecule has 0 bridgehead atoms. The lowest BCUT2D eigenvalue weighted by Gasteiger charge is -2.42. The van der Waals surface area contributed by atoms with E-state index in [1.165, 1.54) is 11.1 Å². The average Bonchev–Trinajstić information content (AvgIpc) is 2.79. The van der Waals surface area contributed by atoms with Gasteiger partial charge in [0.15, 0.2) is 0 Å². The number of rotatable bonds is 3. The number of nitrogens with one attached hydrogen (secondary N) is 1. The number of carboxylic acid groups (broad SMARTS) is 1. The molecule has 0 spiro atoms. The van der Waals surface area contributed by atoms with Crippen molar-refractivity contribution in [3.63, 3.8) is 0 Å². The van der Waals surface area contributed by atoms with Gasteiger partial charge in [-0.05, 0) is 30.4 Å². The topological polar surface area (TPSA) is 69.6 Å². The Labute approximate surface area is 117 Å². The average molecular weight is 274 g/mol. The Morgan fingerprint density at radius 2 is 1.80 bits per heavy atom. The van der Waals surface area contributed by atoms with Gasteiger partial charge in [-0.3, -0.25) is 4.79 Å². The van der Waals surface area contributed by atoms with Gasteiger partial charge in [-0.1, -0.05) is 24.3 Å². The number of carboxylic acids is 1. The first-order valence-corrected chi connectivity index (χ1v) is 6.94. The lowest BCUT2D eigenvalue weighted by atomic mass is 9.74. The van der Waals surface area contributed by atoms with Crippen molar-refractivity contribution in [1.82, 2.24) is 10.2 Å². The van der Waals surface area contributed by atoms with E-state index in [0.29, 0.717) is 13.1 Å². The molecule has 5 heteroatoms. The summed E-state index contributed by atoms with van der Waals surface area (Å²) in [6.07, 6.45) is 2.50. The summed E-state index contributed by atoms with van der Waals surface area (Å²) in [5, 5.41) is 11.9. The SMILES string of the molecule is O=C(O)CC1(NC(=O)N2Cc3ccccc3C2)CCC1. The van der Waals surface area contributed by atoms with Gasteiger partial charge in [0, 0.05) is 13.1 Å². The third-order valence-electron chi connectivity index (χ3n) is 4.30. The second-order valence-corrected chi connectivity index (χ2v) is 5.76. The highest BCUT2D eigenvalue weighted by Gasteiger charge is 2.41. The summed E-state index contributed by atoms with van der Waals surface area (Å²) in [5.41, 5.74) is 1.81. The maximum atomic E-state index is 12.3. The highest BCUT2D eigenvalue weighted by atomic mass is 16.4. The number of amides is 2. The van der Waals surface area contributed by atoms with Crippen LogP contribution in [0.5, 0.6) is 0 Å². The molecule has 0 aromatic heterocycles. The lowest BCUT2D eigenvalue weighted by Crippen LogP contribution is -2.57. The molecule has 20 heavy (non-hydrogen) atoms. The zero-order valence-corrected chi connectivity index (χ0v) is 11.3. The van der Waals surface area contributed by atoms with E-state index in [9.17, 15) is 9.59 Å². The molecule has 5 nitrogen and oxygen atoms in total. The Bertz CT molecular complexity index is 527. The fourth-order valence-corrected chi connectivity index (χ4v) is 3.02. The van der Waals surface area contributed by atoms with Crippen molar-refractivity contribution in [2.75, 3.05) is 0 Å². The number of nitrogens with zero attached hydrogens (tertiary/aromatic N) is 1. The molecule has 1 aliphatic carbocycles. The number of carbonyl (C=O) groups excluding carboxylic acids is 1. The van der Waals surface area contributed by atoms with E-state index in [0.717, 1.165) is 19.3 Å². The Hall–Kier alpha value is -2.04. The van der Waals surface area contributed by atoms with Gasteiger partial charge in [-0.25, -0.2) is 4.79 Å². The summed E-state index contributed by atoms with van der Waals surface area (Å²) in [7, 11) is 0. The summed E-state index contributed by atoms with van der Waals surface area (Å²) in [4.78, 5) is 25.0. The van der Waals surface area contributed by atoms with E-state index in [2.05, 4.69) is 5.32 Å². The van der Waals surface area contributed by atoms with Crippen molar-refractivity contribution < 1.29 is 14.7 Å². The third-order valence-corrected chi connectivity index (χ3v) is 4.30. The Balaban J connectivity index is 1.65. The monoisotopic (exact) mass is 274 g/mol. The number of fused-ring (bicyclic) bond motifs is 1. The van der Waals surface area contributed by atoms with Crippen molar-refractivity contribution >= 4 is 12.0 Å². The second-order valence-electron chi connectivity index (χ2n) is 5.76. The molecule has 2 N–H and O–H groups in total. The summed E-state index contributed by atoms with van der Waals surface area (Å²) >= 11 is 0. The Morgan fingerprint density at radius 3 is 2.25 bits per heavy atom. The Morgan fingerprint density at radius 1 is 1.20 bits per heavy atom. The van der Waals surface area contributed by atoms with Crippen molar-refractivity contribution in [2.45, 2.75) is 44.3 Å². The predicted octanol–water partition coefficient (Wildman–Crippen LogP) is 2.11. The molecule has 1 aromatic carbocycles. The van der Waals surface area contributed by atoms with Crippen LogP contribution in [-0.2, 0) is 17.9 Å². The summed E-state index contributed by atoms with van der Waals surface area (Å²) < 4.78 is 0. The normalized spacial score (nSPS) is 19.1. The van der Waals surface area contributed by atoms with E-state index < -0.39 is 11.5 Å². The maximum Gasteiger partial charge on any atom is 0.318 e. The van der Waals surface area contributed by atoms with Gasteiger partial charge < -0.3 is 15.3 Å². The van der Waals surface area contributed by atoms with Gasteiger partial charge >= 0.3 is 12.0 Å². The third kappa shape index (κ3) is 2.35. The number of aliphatic carboxylic acids is 1. The largest absolute Gasteiger partial charge is 0.481 e. The van der Waals surface area contributed by atoms with Gasteiger partial charge in [0.25, 0.3) is 0 Å².